The topological polar surface area (TPSA) is 47.9 Å². The number of hydrogen-bond donors (Lipinski definition) is 1. The minimum Gasteiger partial charge on any atom is -0.393 e. The average molecular weight is 508 g/mol. The van der Waals surface area contributed by atoms with Crippen LogP contribution in [-0.4, -0.2) is 73.6 Å². The molecule has 0 fully saturated rings. The van der Waals surface area contributed by atoms with E-state index in [1.165, 1.54) is 4.74 Å². The third kappa shape index (κ3) is 6.60. The zero-order valence-corrected chi connectivity index (χ0v) is 13.9. The molecule has 1 atom stereocenters. The third-order valence-electron chi connectivity index (χ3n) is 2.76. The van der Waals surface area contributed by atoms with Crippen LogP contribution in [0, 0.1) is 0 Å². The SMILES string of the molecule is OC[C@H](F)COCC(F)(F)OC(F)(F)C(F)(F)OC(F)(F)C(F)(F)C(F)(F)C(F)(F)F. The fourth-order valence-corrected chi connectivity index (χ4v) is 1.28. The van der Waals surface area contributed by atoms with Gasteiger partial charge < -0.3 is 9.84 Å². The Balaban J connectivity index is 5.60. The monoisotopic (exact) mass is 508 g/mol. The summed E-state index contributed by atoms with van der Waals surface area (Å²) in [5, 5.41) is 8.17. The molecule has 188 valence electrons. The Morgan fingerprint density at radius 2 is 1.03 bits per heavy atom. The lowest BCUT2D eigenvalue weighted by atomic mass is 10.1. The van der Waals surface area contributed by atoms with Gasteiger partial charge in [-0.05, 0) is 0 Å². The van der Waals surface area contributed by atoms with Crippen molar-refractivity contribution in [1.29, 1.82) is 0 Å². The Morgan fingerprint density at radius 1 is 0.613 bits per heavy atom. The molecule has 31 heavy (non-hydrogen) atoms. The molecule has 0 aromatic heterocycles. The van der Waals surface area contributed by atoms with Crippen LogP contribution in [0.5, 0.6) is 0 Å². The largest absolute Gasteiger partial charge is 0.460 e. The molecule has 0 unspecified atom stereocenters. The molecule has 0 radical (unpaired) electrons. The van der Waals surface area contributed by atoms with Gasteiger partial charge in [0.15, 0.2) is 0 Å². The average Bonchev–Trinajstić information content (AvgIpc) is 2.50. The summed E-state index contributed by atoms with van der Waals surface area (Å²) in [5.41, 5.74) is 0. The number of aliphatic hydroxyl groups excluding tert-OH is 1. The number of alkyl halides is 16. The van der Waals surface area contributed by atoms with E-state index in [0.717, 1.165) is 0 Å². The van der Waals surface area contributed by atoms with Gasteiger partial charge >= 0.3 is 42.5 Å². The molecular formula is C11H8F16O4. The maximum atomic E-state index is 13.1. The van der Waals surface area contributed by atoms with E-state index in [9.17, 15) is 70.2 Å². The molecule has 0 aromatic rings. The highest BCUT2D eigenvalue weighted by atomic mass is 19.4. The van der Waals surface area contributed by atoms with Crippen LogP contribution < -0.4 is 0 Å². The maximum absolute atomic E-state index is 13.1. The van der Waals surface area contributed by atoms with Crippen molar-refractivity contribution < 1.29 is 89.6 Å². The second-order valence-corrected chi connectivity index (χ2v) is 5.33. The maximum Gasteiger partial charge on any atom is 0.460 e. The predicted octanol–water partition coefficient (Wildman–Crippen LogP) is 4.57. The Hall–Kier alpha value is -1.28. The molecule has 1 N–H and O–H groups in total. The molecule has 0 heterocycles. The third-order valence-corrected chi connectivity index (χ3v) is 2.76. The van der Waals surface area contributed by atoms with Crippen LogP contribution in [0.1, 0.15) is 0 Å². The van der Waals surface area contributed by atoms with Gasteiger partial charge in [0.1, 0.15) is 12.8 Å². The number of ether oxygens (including phenoxy) is 3. The fraction of sp³-hybridized carbons (Fsp3) is 1.00. The molecule has 0 saturated heterocycles. The van der Waals surface area contributed by atoms with Crippen molar-refractivity contribution in [2.45, 2.75) is 48.6 Å². The van der Waals surface area contributed by atoms with E-state index in [1.807, 2.05) is 0 Å². The molecule has 0 bridgehead atoms. The van der Waals surface area contributed by atoms with Crippen molar-refractivity contribution in [1.82, 2.24) is 0 Å². The van der Waals surface area contributed by atoms with Crippen molar-refractivity contribution in [2.75, 3.05) is 19.8 Å². The fourth-order valence-electron chi connectivity index (χ4n) is 1.28. The molecular weight excluding hydrogens is 500 g/mol. The van der Waals surface area contributed by atoms with E-state index in [0.29, 0.717) is 0 Å². The van der Waals surface area contributed by atoms with Gasteiger partial charge in [-0.25, -0.2) is 13.9 Å². The predicted molar refractivity (Wildman–Crippen MR) is 60.7 cm³/mol. The highest BCUT2D eigenvalue weighted by Crippen LogP contribution is 2.55. The van der Waals surface area contributed by atoms with Gasteiger partial charge in [-0.3, -0.25) is 0 Å². The van der Waals surface area contributed by atoms with Crippen LogP contribution in [0.3, 0.4) is 0 Å². The molecule has 20 heteroatoms. The van der Waals surface area contributed by atoms with Gasteiger partial charge in [-0.15, -0.1) is 0 Å². The van der Waals surface area contributed by atoms with Crippen LogP contribution in [-0.2, 0) is 14.2 Å². The van der Waals surface area contributed by atoms with Crippen LogP contribution in [0.15, 0.2) is 0 Å². The van der Waals surface area contributed by atoms with E-state index >= 15 is 0 Å². The lowest BCUT2D eigenvalue weighted by molar-refractivity contribution is -0.543. The Morgan fingerprint density at radius 3 is 1.42 bits per heavy atom. The van der Waals surface area contributed by atoms with Crippen LogP contribution in [0.2, 0.25) is 0 Å². The summed E-state index contributed by atoms with van der Waals surface area (Å²) >= 11 is 0. The van der Waals surface area contributed by atoms with Crippen LogP contribution in [0.25, 0.3) is 0 Å². The van der Waals surface area contributed by atoms with Crippen molar-refractivity contribution in [3.8, 4) is 0 Å². The van der Waals surface area contributed by atoms with Gasteiger partial charge in [-0.2, -0.15) is 65.9 Å². The summed E-state index contributed by atoms with van der Waals surface area (Å²) in [6.45, 7) is -5.34. The standard InChI is InChI=1S/C11H8F16O4/c12-4(1-28)2-29-3-5(13,14)30-10(24,25)11(26,27)31-9(22,23)7(17,18)6(15,16)8(19,20)21/h4,28H,1-3H2/t4-/m0/s1. The van der Waals surface area contributed by atoms with E-state index in [1.54, 1.807) is 0 Å². The number of hydrogen-bond acceptors (Lipinski definition) is 4. The Kier molecular flexibility index (Phi) is 8.56. The van der Waals surface area contributed by atoms with Crippen LogP contribution >= 0.6 is 0 Å². The smallest absolute Gasteiger partial charge is 0.393 e. The molecule has 0 aliphatic heterocycles. The van der Waals surface area contributed by atoms with E-state index in [2.05, 4.69) is 9.47 Å². The van der Waals surface area contributed by atoms with Crippen molar-refractivity contribution in [2.24, 2.45) is 0 Å². The Labute approximate surface area is 159 Å². The first kappa shape index (κ1) is 29.7. The van der Waals surface area contributed by atoms with Gasteiger partial charge in [0, 0.05) is 0 Å². The molecule has 0 amide bonds. The second-order valence-electron chi connectivity index (χ2n) is 5.33. The number of rotatable bonds is 12. The normalized spacial score (nSPS) is 16.5. The minimum absolute atomic E-state index is 1.35. The first-order valence-electron chi connectivity index (χ1n) is 6.93. The van der Waals surface area contributed by atoms with Crippen molar-refractivity contribution >= 4 is 0 Å². The molecule has 4 nitrogen and oxygen atoms in total. The molecule has 0 spiro atoms. The Bertz CT molecular complexity index is 589. The minimum atomic E-state index is -7.94. The summed E-state index contributed by atoms with van der Waals surface area (Å²) in [6.07, 6.45) is -37.7. The molecule has 0 rings (SSSR count). The molecule has 0 aromatic carbocycles. The number of halogens is 16. The van der Waals surface area contributed by atoms with Gasteiger partial charge in [0.2, 0.25) is 0 Å². The summed E-state index contributed by atoms with van der Waals surface area (Å²) in [6, 6.07) is 0. The summed E-state index contributed by atoms with van der Waals surface area (Å²) in [7, 11) is 0. The summed E-state index contributed by atoms with van der Waals surface area (Å²) in [5.74, 6) is -15.8. The summed E-state index contributed by atoms with van der Waals surface area (Å²) in [4.78, 5) is 0. The highest BCUT2D eigenvalue weighted by molar-refractivity contribution is 4.97. The second kappa shape index (κ2) is 8.93. The van der Waals surface area contributed by atoms with Crippen LogP contribution in [0.4, 0.5) is 70.2 Å². The quantitative estimate of drug-likeness (QED) is 0.393. The lowest BCUT2D eigenvalue weighted by Crippen LogP contribution is -2.64. The van der Waals surface area contributed by atoms with Gasteiger partial charge in [0.25, 0.3) is 0 Å². The molecule has 0 aliphatic rings. The molecule has 0 saturated carbocycles. The number of aliphatic hydroxyl groups is 1. The summed E-state index contributed by atoms with van der Waals surface area (Å²) < 4.78 is 210. The van der Waals surface area contributed by atoms with Crippen molar-refractivity contribution in [3.05, 3.63) is 0 Å². The highest BCUT2D eigenvalue weighted by Gasteiger charge is 2.85. The molecule has 0 aliphatic carbocycles. The first-order valence-corrected chi connectivity index (χ1v) is 6.93. The zero-order chi connectivity index (χ0) is 25.3. The van der Waals surface area contributed by atoms with Gasteiger partial charge in [0.05, 0.1) is 13.2 Å². The van der Waals surface area contributed by atoms with E-state index in [-0.39, 0.29) is 0 Å². The first-order chi connectivity index (χ1) is 13.4. The lowest BCUT2D eigenvalue weighted by Gasteiger charge is -2.36. The van der Waals surface area contributed by atoms with Gasteiger partial charge in [-0.1, -0.05) is 0 Å². The van der Waals surface area contributed by atoms with Crippen molar-refractivity contribution in [3.63, 3.8) is 0 Å². The van der Waals surface area contributed by atoms with E-state index < -0.39 is 68.4 Å². The van der Waals surface area contributed by atoms with E-state index in [4.69, 9.17) is 5.11 Å². The zero-order valence-electron chi connectivity index (χ0n) is 13.9.